The number of alkyl halides is 1. The first-order chi connectivity index (χ1) is 9.02. The quantitative estimate of drug-likeness (QED) is 0.682. The van der Waals surface area contributed by atoms with E-state index in [9.17, 15) is 4.39 Å². The molecule has 2 rings (SSSR count). The smallest absolute Gasteiger partial charge is 0.124 e. The van der Waals surface area contributed by atoms with Crippen molar-refractivity contribution in [2.75, 3.05) is 7.11 Å². The molecule has 0 saturated heterocycles. The van der Waals surface area contributed by atoms with Crippen LogP contribution < -0.4 is 4.74 Å². The third-order valence-electron chi connectivity index (χ3n) is 2.72. The van der Waals surface area contributed by atoms with Crippen molar-refractivity contribution in [3.05, 3.63) is 63.4 Å². The van der Waals surface area contributed by atoms with Crippen LogP contribution in [0.4, 0.5) is 4.39 Å². The molecule has 0 aliphatic heterocycles. The molecule has 0 amide bonds. The molecule has 0 bridgehead atoms. The van der Waals surface area contributed by atoms with Gasteiger partial charge in [0.15, 0.2) is 0 Å². The molecule has 2 aromatic carbocycles. The van der Waals surface area contributed by atoms with Crippen LogP contribution in [0.2, 0.25) is 10.0 Å². The zero-order valence-corrected chi connectivity index (χ0v) is 12.2. The number of methoxy groups -OCH3 is 1. The molecule has 0 aliphatic rings. The van der Waals surface area contributed by atoms with Crippen molar-refractivity contribution in [2.24, 2.45) is 0 Å². The number of ether oxygens (including phenoxy) is 1. The molecule has 100 valence electrons. The molecule has 0 spiro atoms. The summed E-state index contributed by atoms with van der Waals surface area (Å²) in [6, 6.07) is 9.28. The number of hydrogen-bond acceptors (Lipinski definition) is 1. The van der Waals surface area contributed by atoms with Gasteiger partial charge < -0.3 is 4.74 Å². The van der Waals surface area contributed by atoms with Gasteiger partial charge in [-0.05, 0) is 35.4 Å². The minimum absolute atomic E-state index is 0.270. The molecule has 2 aromatic rings. The first-order valence-electron chi connectivity index (χ1n) is 5.45. The lowest BCUT2D eigenvalue weighted by atomic mass is 10.0. The summed E-state index contributed by atoms with van der Waals surface area (Å²) >= 11 is 18.5. The first-order valence-corrected chi connectivity index (χ1v) is 6.64. The molecule has 0 heterocycles. The second kappa shape index (κ2) is 6.00. The van der Waals surface area contributed by atoms with Gasteiger partial charge in [-0.15, -0.1) is 11.6 Å². The Morgan fingerprint density at radius 1 is 1.00 bits per heavy atom. The van der Waals surface area contributed by atoms with Gasteiger partial charge in [-0.3, -0.25) is 0 Å². The van der Waals surface area contributed by atoms with Crippen molar-refractivity contribution in [1.29, 1.82) is 0 Å². The van der Waals surface area contributed by atoms with Crippen LogP contribution in [0.5, 0.6) is 5.75 Å². The van der Waals surface area contributed by atoms with Crippen LogP contribution in [0, 0.1) is 5.82 Å². The Kier molecular flexibility index (Phi) is 4.56. The summed E-state index contributed by atoms with van der Waals surface area (Å²) < 4.78 is 18.1. The summed E-state index contributed by atoms with van der Waals surface area (Å²) in [6.45, 7) is 0. The van der Waals surface area contributed by atoms with E-state index in [0.717, 1.165) is 0 Å². The number of benzene rings is 2. The second-order valence-corrected chi connectivity index (χ2v) is 5.17. The number of rotatable bonds is 3. The molecule has 0 saturated carbocycles. The number of halogens is 4. The molecular weight excluding hydrogens is 310 g/mol. The summed E-state index contributed by atoms with van der Waals surface area (Å²) in [4.78, 5) is 0. The average Bonchev–Trinajstić information content (AvgIpc) is 2.37. The van der Waals surface area contributed by atoms with Crippen LogP contribution in [0.15, 0.2) is 36.4 Å². The molecule has 19 heavy (non-hydrogen) atoms. The Balaban J connectivity index is 2.41. The molecular formula is C14H10Cl3FO. The molecule has 1 atom stereocenters. The fourth-order valence-corrected chi connectivity index (χ4v) is 2.76. The van der Waals surface area contributed by atoms with Gasteiger partial charge >= 0.3 is 0 Å². The minimum Gasteiger partial charge on any atom is -0.497 e. The summed E-state index contributed by atoms with van der Waals surface area (Å²) in [5.41, 5.74) is 1.30. The Labute approximate surface area is 125 Å². The van der Waals surface area contributed by atoms with Gasteiger partial charge in [0.1, 0.15) is 11.6 Å². The largest absolute Gasteiger partial charge is 0.497 e. The van der Waals surface area contributed by atoms with E-state index in [1.807, 2.05) is 0 Å². The van der Waals surface area contributed by atoms with Crippen molar-refractivity contribution >= 4 is 34.8 Å². The van der Waals surface area contributed by atoms with Gasteiger partial charge in [0.25, 0.3) is 0 Å². The van der Waals surface area contributed by atoms with Gasteiger partial charge in [0.05, 0.1) is 12.5 Å². The van der Waals surface area contributed by atoms with Crippen molar-refractivity contribution in [1.82, 2.24) is 0 Å². The van der Waals surface area contributed by atoms with E-state index in [1.165, 1.54) is 12.1 Å². The highest BCUT2D eigenvalue weighted by Gasteiger charge is 2.17. The Hall–Kier alpha value is -0.960. The maximum absolute atomic E-state index is 13.0. The summed E-state index contributed by atoms with van der Waals surface area (Å²) in [5, 5.41) is 0.193. The summed E-state index contributed by atoms with van der Waals surface area (Å²) in [6.07, 6.45) is 0. The second-order valence-electron chi connectivity index (χ2n) is 3.92. The Morgan fingerprint density at radius 2 is 1.58 bits per heavy atom. The van der Waals surface area contributed by atoms with E-state index in [2.05, 4.69) is 0 Å². The van der Waals surface area contributed by atoms with Crippen LogP contribution in [0.3, 0.4) is 0 Å². The highest BCUT2D eigenvalue weighted by molar-refractivity contribution is 6.35. The van der Waals surface area contributed by atoms with Crippen molar-refractivity contribution < 1.29 is 9.13 Å². The topological polar surface area (TPSA) is 9.23 Å². The van der Waals surface area contributed by atoms with E-state index in [1.54, 1.807) is 31.4 Å². The Bertz CT molecular complexity index is 601. The van der Waals surface area contributed by atoms with Crippen molar-refractivity contribution in [3.63, 3.8) is 0 Å². The molecule has 1 unspecified atom stereocenters. The average molecular weight is 320 g/mol. The Morgan fingerprint density at radius 3 is 2.11 bits per heavy atom. The zero-order valence-electron chi connectivity index (χ0n) is 9.96. The van der Waals surface area contributed by atoms with Crippen LogP contribution in [0.1, 0.15) is 16.5 Å². The van der Waals surface area contributed by atoms with Crippen molar-refractivity contribution in [3.8, 4) is 5.75 Å². The molecule has 0 fully saturated rings. The van der Waals surface area contributed by atoms with E-state index in [4.69, 9.17) is 39.5 Å². The van der Waals surface area contributed by atoms with Gasteiger partial charge in [-0.2, -0.15) is 0 Å². The monoisotopic (exact) mass is 318 g/mol. The normalized spacial score (nSPS) is 12.3. The molecule has 0 aliphatic carbocycles. The lowest BCUT2D eigenvalue weighted by molar-refractivity contribution is 0.414. The van der Waals surface area contributed by atoms with Crippen LogP contribution in [0.25, 0.3) is 0 Å². The SMILES string of the molecule is COc1ccc(C(Cl)c2ccc(F)cc2Cl)c(Cl)c1. The predicted molar refractivity (Wildman–Crippen MR) is 77.1 cm³/mol. The van der Waals surface area contributed by atoms with E-state index in [-0.39, 0.29) is 5.02 Å². The van der Waals surface area contributed by atoms with Crippen LogP contribution >= 0.6 is 34.8 Å². The maximum atomic E-state index is 13.0. The first kappa shape index (κ1) is 14.4. The third kappa shape index (κ3) is 3.14. The van der Waals surface area contributed by atoms with Gasteiger partial charge in [0, 0.05) is 10.0 Å². The predicted octanol–water partition coefficient (Wildman–Crippen LogP) is 5.47. The van der Waals surface area contributed by atoms with E-state index in [0.29, 0.717) is 21.9 Å². The highest BCUT2D eigenvalue weighted by Crippen LogP contribution is 2.38. The number of hydrogen-bond donors (Lipinski definition) is 0. The van der Waals surface area contributed by atoms with Gasteiger partial charge in [0.2, 0.25) is 0 Å². The third-order valence-corrected chi connectivity index (χ3v) is 3.84. The minimum atomic E-state index is -0.550. The van der Waals surface area contributed by atoms with Crippen LogP contribution in [-0.2, 0) is 0 Å². The van der Waals surface area contributed by atoms with E-state index < -0.39 is 11.2 Å². The summed E-state index contributed by atoms with van der Waals surface area (Å²) in [5.74, 6) is 0.237. The van der Waals surface area contributed by atoms with Crippen LogP contribution in [-0.4, -0.2) is 7.11 Å². The lowest BCUT2D eigenvalue weighted by Gasteiger charge is -2.14. The fraction of sp³-hybridized carbons (Fsp3) is 0.143. The summed E-state index contributed by atoms with van der Waals surface area (Å²) in [7, 11) is 1.56. The molecule has 0 radical (unpaired) electrons. The zero-order chi connectivity index (χ0) is 14.0. The molecule has 0 N–H and O–H groups in total. The lowest BCUT2D eigenvalue weighted by Crippen LogP contribution is -1.96. The van der Waals surface area contributed by atoms with Gasteiger partial charge in [-0.1, -0.05) is 35.3 Å². The standard InChI is InChI=1S/C14H10Cl3FO/c1-19-9-3-5-11(13(16)7-9)14(17)10-4-2-8(18)6-12(10)15/h2-7,14H,1H3. The van der Waals surface area contributed by atoms with Crippen molar-refractivity contribution in [2.45, 2.75) is 5.38 Å². The highest BCUT2D eigenvalue weighted by atomic mass is 35.5. The van der Waals surface area contributed by atoms with Gasteiger partial charge in [-0.25, -0.2) is 4.39 Å². The van der Waals surface area contributed by atoms with E-state index >= 15 is 0 Å². The fourth-order valence-electron chi connectivity index (χ4n) is 1.71. The molecule has 5 heteroatoms. The molecule has 1 nitrogen and oxygen atoms in total. The molecule has 0 aromatic heterocycles. The maximum Gasteiger partial charge on any atom is 0.124 e.